The third-order valence-corrected chi connectivity index (χ3v) is 3.18. The first-order valence-corrected chi connectivity index (χ1v) is 7.73. The predicted octanol–water partition coefficient (Wildman–Crippen LogP) is 4.05. The molecular weight excluding hydrogens is 267 g/mol. The van der Waals surface area contributed by atoms with Gasteiger partial charge in [-0.05, 0) is 24.1 Å². The SMILES string of the molecule is CCCCCCCOCc1ccc(F)cc1C#CCCO. The van der Waals surface area contributed by atoms with Crippen LogP contribution in [0.1, 0.15) is 56.6 Å². The van der Waals surface area contributed by atoms with E-state index in [1.165, 1.54) is 37.8 Å². The summed E-state index contributed by atoms with van der Waals surface area (Å²) in [6, 6.07) is 4.57. The van der Waals surface area contributed by atoms with Gasteiger partial charge in [0.2, 0.25) is 0 Å². The van der Waals surface area contributed by atoms with E-state index in [1.54, 1.807) is 6.07 Å². The Labute approximate surface area is 127 Å². The summed E-state index contributed by atoms with van der Waals surface area (Å²) < 4.78 is 18.9. The summed E-state index contributed by atoms with van der Waals surface area (Å²) in [5.74, 6) is 5.42. The van der Waals surface area contributed by atoms with Crippen LogP contribution < -0.4 is 0 Å². The fraction of sp³-hybridized carbons (Fsp3) is 0.556. The van der Waals surface area contributed by atoms with Crippen molar-refractivity contribution in [3.63, 3.8) is 0 Å². The fourth-order valence-electron chi connectivity index (χ4n) is 1.99. The molecule has 0 aliphatic heterocycles. The van der Waals surface area contributed by atoms with Crippen LogP contribution in [0.25, 0.3) is 0 Å². The smallest absolute Gasteiger partial charge is 0.124 e. The Morgan fingerprint density at radius 1 is 1.19 bits per heavy atom. The lowest BCUT2D eigenvalue weighted by Gasteiger charge is -2.07. The molecule has 1 N–H and O–H groups in total. The first-order valence-electron chi connectivity index (χ1n) is 7.73. The molecule has 0 unspecified atom stereocenters. The van der Waals surface area contributed by atoms with E-state index in [0.29, 0.717) is 18.6 Å². The number of aliphatic hydroxyl groups is 1. The fourth-order valence-corrected chi connectivity index (χ4v) is 1.99. The van der Waals surface area contributed by atoms with Crippen LogP contribution in [0.2, 0.25) is 0 Å². The lowest BCUT2D eigenvalue weighted by atomic mass is 10.1. The van der Waals surface area contributed by atoms with Gasteiger partial charge in [0.15, 0.2) is 0 Å². The van der Waals surface area contributed by atoms with Crippen LogP contribution in [-0.2, 0) is 11.3 Å². The summed E-state index contributed by atoms with van der Waals surface area (Å²) in [7, 11) is 0. The van der Waals surface area contributed by atoms with Crippen molar-refractivity contribution in [3.05, 3.63) is 35.1 Å². The minimum Gasteiger partial charge on any atom is -0.395 e. The van der Waals surface area contributed by atoms with Gasteiger partial charge in [0.05, 0.1) is 13.2 Å². The Hall–Kier alpha value is -1.37. The zero-order chi connectivity index (χ0) is 15.3. The number of hydrogen-bond donors (Lipinski definition) is 1. The summed E-state index contributed by atoms with van der Waals surface area (Å²) in [5, 5.41) is 8.73. The third-order valence-electron chi connectivity index (χ3n) is 3.18. The first kappa shape index (κ1) is 17.7. The van der Waals surface area contributed by atoms with Gasteiger partial charge in [-0.15, -0.1) is 0 Å². The Balaban J connectivity index is 2.42. The zero-order valence-corrected chi connectivity index (χ0v) is 12.8. The number of unbranched alkanes of at least 4 members (excludes halogenated alkanes) is 4. The van der Waals surface area contributed by atoms with Crippen molar-refractivity contribution in [2.75, 3.05) is 13.2 Å². The minimum atomic E-state index is -0.299. The first-order chi connectivity index (χ1) is 10.3. The van der Waals surface area contributed by atoms with Gasteiger partial charge in [-0.25, -0.2) is 4.39 Å². The van der Waals surface area contributed by atoms with E-state index in [0.717, 1.165) is 18.6 Å². The van der Waals surface area contributed by atoms with Crippen LogP contribution in [0.15, 0.2) is 18.2 Å². The van der Waals surface area contributed by atoms with E-state index in [4.69, 9.17) is 9.84 Å². The van der Waals surface area contributed by atoms with Crippen LogP contribution in [0.5, 0.6) is 0 Å². The van der Waals surface area contributed by atoms with Crippen molar-refractivity contribution in [1.29, 1.82) is 0 Å². The Morgan fingerprint density at radius 3 is 2.76 bits per heavy atom. The highest BCUT2D eigenvalue weighted by atomic mass is 19.1. The molecule has 0 heterocycles. The predicted molar refractivity (Wildman–Crippen MR) is 83.4 cm³/mol. The lowest BCUT2D eigenvalue weighted by molar-refractivity contribution is 0.116. The van der Waals surface area contributed by atoms with E-state index >= 15 is 0 Å². The van der Waals surface area contributed by atoms with Gasteiger partial charge in [0.1, 0.15) is 5.82 Å². The molecule has 0 bridgehead atoms. The largest absolute Gasteiger partial charge is 0.395 e. The van der Waals surface area contributed by atoms with E-state index in [1.807, 2.05) is 0 Å². The molecule has 0 atom stereocenters. The van der Waals surface area contributed by atoms with Crippen LogP contribution in [-0.4, -0.2) is 18.3 Å². The number of hydrogen-bond acceptors (Lipinski definition) is 2. The number of benzene rings is 1. The molecule has 1 aromatic carbocycles. The van der Waals surface area contributed by atoms with Gasteiger partial charge in [0.25, 0.3) is 0 Å². The third kappa shape index (κ3) is 7.84. The molecular formula is C18H25FO2. The molecule has 2 nitrogen and oxygen atoms in total. The van der Waals surface area contributed by atoms with Crippen LogP contribution in [0, 0.1) is 17.7 Å². The second-order valence-corrected chi connectivity index (χ2v) is 5.04. The molecule has 116 valence electrons. The maximum atomic E-state index is 13.3. The van der Waals surface area contributed by atoms with Crippen molar-refractivity contribution in [2.45, 2.75) is 52.1 Å². The van der Waals surface area contributed by atoms with Crippen LogP contribution in [0.3, 0.4) is 0 Å². The normalized spacial score (nSPS) is 10.2. The van der Waals surface area contributed by atoms with Crippen molar-refractivity contribution < 1.29 is 14.2 Å². The van der Waals surface area contributed by atoms with Crippen molar-refractivity contribution in [2.24, 2.45) is 0 Å². The summed E-state index contributed by atoms with van der Waals surface area (Å²) in [6.07, 6.45) is 6.44. The molecule has 21 heavy (non-hydrogen) atoms. The molecule has 0 fully saturated rings. The molecule has 3 heteroatoms. The van der Waals surface area contributed by atoms with E-state index < -0.39 is 0 Å². The van der Waals surface area contributed by atoms with Crippen molar-refractivity contribution in [1.82, 2.24) is 0 Å². The lowest BCUT2D eigenvalue weighted by Crippen LogP contribution is -1.99. The summed E-state index contributed by atoms with van der Waals surface area (Å²) >= 11 is 0. The molecule has 1 rings (SSSR count). The summed E-state index contributed by atoms with van der Waals surface area (Å²) in [5.41, 5.74) is 1.55. The highest BCUT2D eigenvalue weighted by Gasteiger charge is 2.02. The molecule has 0 aromatic heterocycles. The van der Waals surface area contributed by atoms with E-state index in [-0.39, 0.29) is 12.4 Å². The Morgan fingerprint density at radius 2 is 2.00 bits per heavy atom. The van der Waals surface area contributed by atoms with Gasteiger partial charge in [-0.3, -0.25) is 0 Å². The van der Waals surface area contributed by atoms with Crippen molar-refractivity contribution in [3.8, 4) is 11.8 Å². The highest BCUT2D eigenvalue weighted by Crippen LogP contribution is 2.12. The van der Waals surface area contributed by atoms with Crippen LogP contribution >= 0.6 is 0 Å². The second-order valence-electron chi connectivity index (χ2n) is 5.04. The summed E-state index contributed by atoms with van der Waals surface area (Å²) in [4.78, 5) is 0. The van der Waals surface area contributed by atoms with Gasteiger partial charge in [0, 0.05) is 18.6 Å². The maximum Gasteiger partial charge on any atom is 0.124 e. The van der Waals surface area contributed by atoms with Gasteiger partial charge >= 0.3 is 0 Å². The topological polar surface area (TPSA) is 29.5 Å². The minimum absolute atomic E-state index is 0.0198. The second kappa shape index (κ2) is 11.3. The highest BCUT2D eigenvalue weighted by molar-refractivity contribution is 5.41. The van der Waals surface area contributed by atoms with Gasteiger partial charge in [-0.1, -0.05) is 50.5 Å². The average molecular weight is 292 g/mol. The molecule has 0 saturated carbocycles. The zero-order valence-electron chi connectivity index (χ0n) is 12.8. The van der Waals surface area contributed by atoms with Gasteiger partial charge in [-0.2, -0.15) is 0 Å². The number of ether oxygens (including phenoxy) is 1. The Kier molecular flexibility index (Phi) is 9.52. The molecule has 0 aliphatic carbocycles. The molecule has 0 amide bonds. The molecule has 0 spiro atoms. The monoisotopic (exact) mass is 292 g/mol. The molecule has 0 radical (unpaired) electrons. The van der Waals surface area contributed by atoms with Crippen LogP contribution in [0.4, 0.5) is 4.39 Å². The molecule has 0 saturated heterocycles. The molecule has 1 aromatic rings. The number of aliphatic hydroxyl groups excluding tert-OH is 1. The number of rotatable bonds is 9. The van der Waals surface area contributed by atoms with E-state index in [2.05, 4.69) is 18.8 Å². The summed E-state index contributed by atoms with van der Waals surface area (Å²) in [6.45, 7) is 3.40. The molecule has 0 aliphatic rings. The maximum absolute atomic E-state index is 13.3. The van der Waals surface area contributed by atoms with E-state index in [9.17, 15) is 4.39 Å². The van der Waals surface area contributed by atoms with Gasteiger partial charge < -0.3 is 9.84 Å². The number of halogens is 1. The Bertz CT molecular complexity index is 460. The standard InChI is InChI=1S/C18H25FO2/c1-2-3-4-5-8-13-21-15-17-10-11-18(19)14-16(17)9-6-7-12-20/h10-11,14,20H,2-5,7-8,12-13,15H2,1H3. The average Bonchev–Trinajstić information content (AvgIpc) is 2.48. The quantitative estimate of drug-likeness (QED) is 0.549. The van der Waals surface area contributed by atoms with Crippen molar-refractivity contribution >= 4 is 0 Å².